The van der Waals surface area contributed by atoms with Gasteiger partial charge in [-0.1, -0.05) is 29.3 Å². The molecule has 2 aliphatic rings. The zero-order chi connectivity index (χ0) is 20.8. The second-order valence-electron chi connectivity index (χ2n) is 7.50. The quantitative estimate of drug-likeness (QED) is 0.641. The van der Waals surface area contributed by atoms with Crippen LogP contribution in [0.25, 0.3) is 0 Å². The molecule has 3 heterocycles. The van der Waals surface area contributed by atoms with Crippen LogP contribution in [0.3, 0.4) is 0 Å². The molecule has 0 N–H and O–H groups in total. The first-order valence-corrected chi connectivity index (χ1v) is 11.1. The van der Waals surface area contributed by atoms with Crippen LogP contribution < -0.4 is 9.64 Å². The van der Waals surface area contributed by atoms with E-state index in [1.165, 1.54) is 5.56 Å². The second-order valence-corrected chi connectivity index (χ2v) is 8.31. The van der Waals surface area contributed by atoms with Crippen molar-refractivity contribution in [1.82, 2.24) is 19.8 Å². The third kappa shape index (κ3) is 5.74. The highest BCUT2D eigenvalue weighted by Gasteiger charge is 2.22. The minimum atomic E-state index is 0.592. The molecule has 7 nitrogen and oxygen atoms in total. The van der Waals surface area contributed by atoms with Gasteiger partial charge in [-0.3, -0.25) is 9.80 Å². The molecule has 9 heteroatoms. The fourth-order valence-corrected chi connectivity index (χ4v) is 4.07. The molecular weight excluding hydrogens is 425 g/mol. The summed E-state index contributed by atoms with van der Waals surface area (Å²) >= 11 is 12.2. The molecule has 2 fully saturated rings. The Morgan fingerprint density at radius 3 is 2.43 bits per heavy atom. The molecular formula is C21H27Cl2N5O2. The predicted octanol–water partition coefficient (Wildman–Crippen LogP) is 2.82. The number of rotatable bonds is 7. The van der Waals surface area contributed by atoms with Crippen LogP contribution in [-0.4, -0.2) is 85.4 Å². The van der Waals surface area contributed by atoms with Gasteiger partial charge in [0, 0.05) is 64.8 Å². The van der Waals surface area contributed by atoms with E-state index in [4.69, 9.17) is 32.7 Å². The lowest BCUT2D eigenvalue weighted by Crippen LogP contribution is -2.46. The van der Waals surface area contributed by atoms with Crippen molar-refractivity contribution in [1.29, 1.82) is 0 Å². The van der Waals surface area contributed by atoms with Crippen molar-refractivity contribution >= 4 is 29.0 Å². The van der Waals surface area contributed by atoms with E-state index in [9.17, 15) is 0 Å². The Balaban J connectivity index is 1.29. The predicted molar refractivity (Wildman–Crippen MR) is 119 cm³/mol. The largest absolute Gasteiger partial charge is 0.474 e. The Kier molecular flexibility index (Phi) is 7.62. The minimum Gasteiger partial charge on any atom is -0.474 e. The molecule has 1 aromatic carbocycles. The molecule has 0 amide bonds. The van der Waals surface area contributed by atoms with Gasteiger partial charge >= 0.3 is 0 Å². The summed E-state index contributed by atoms with van der Waals surface area (Å²) in [6.45, 7) is 9.45. The molecule has 0 saturated carbocycles. The summed E-state index contributed by atoms with van der Waals surface area (Å²) in [6.07, 6.45) is 3.42. The van der Waals surface area contributed by atoms with Crippen molar-refractivity contribution in [3.05, 3.63) is 46.2 Å². The first-order valence-electron chi connectivity index (χ1n) is 10.3. The van der Waals surface area contributed by atoms with Crippen LogP contribution in [-0.2, 0) is 11.3 Å². The van der Waals surface area contributed by atoms with E-state index in [0.29, 0.717) is 22.5 Å². The van der Waals surface area contributed by atoms with Crippen molar-refractivity contribution < 1.29 is 9.47 Å². The molecule has 0 spiro atoms. The number of halogens is 2. The van der Waals surface area contributed by atoms with Crippen molar-refractivity contribution in [2.75, 3.05) is 70.5 Å². The molecule has 0 unspecified atom stereocenters. The van der Waals surface area contributed by atoms with Gasteiger partial charge in [0.15, 0.2) is 5.82 Å². The van der Waals surface area contributed by atoms with Gasteiger partial charge in [-0.2, -0.15) is 0 Å². The monoisotopic (exact) mass is 451 g/mol. The fourth-order valence-electron chi connectivity index (χ4n) is 3.75. The Bertz CT molecular complexity index is 827. The maximum Gasteiger partial charge on any atom is 0.257 e. The Hall–Kier alpha value is -1.64. The maximum atomic E-state index is 6.15. The highest BCUT2D eigenvalue weighted by atomic mass is 35.5. The third-order valence-corrected chi connectivity index (χ3v) is 6.20. The van der Waals surface area contributed by atoms with E-state index >= 15 is 0 Å². The number of piperazine rings is 1. The van der Waals surface area contributed by atoms with Gasteiger partial charge in [0.1, 0.15) is 6.61 Å². The summed E-state index contributed by atoms with van der Waals surface area (Å²) in [5.41, 5.74) is 1.17. The Morgan fingerprint density at radius 2 is 1.67 bits per heavy atom. The average Bonchev–Trinajstić information content (AvgIpc) is 2.78. The molecule has 0 aliphatic carbocycles. The van der Waals surface area contributed by atoms with E-state index in [0.717, 1.165) is 71.4 Å². The first kappa shape index (κ1) is 21.6. The molecule has 2 saturated heterocycles. The summed E-state index contributed by atoms with van der Waals surface area (Å²) in [6, 6.07) is 5.83. The Labute approximate surface area is 187 Å². The molecule has 0 atom stereocenters. The van der Waals surface area contributed by atoms with E-state index in [2.05, 4.69) is 24.7 Å². The molecule has 0 bridgehead atoms. The molecule has 0 radical (unpaired) electrons. The summed E-state index contributed by atoms with van der Waals surface area (Å²) in [5, 5.41) is 1.19. The summed E-state index contributed by atoms with van der Waals surface area (Å²) in [4.78, 5) is 16.0. The standard InChI is InChI=1S/C21H27Cl2N5O2/c22-18-2-1-17(15-19(18)23)16-27-5-7-28(8-6-27)20-21(25-4-3-24-20)30-14-11-26-9-12-29-13-10-26/h1-4,15H,5-14,16H2. The highest BCUT2D eigenvalue weighted by Crippen LogP contribution is 2.26. The van der Waals surface area contributed by atoms with E-state index in [-0.39, 0.29) is 0 Å². The van der Waals surface area contributed by atoms with Gasteiger partial charge in [0.25, 0.3) is 5.88 Å². The zero-order valence-corrected chi connectivity index (χ0v) is 18.5. The molecule has 2 aliphatic heterocycles. The van der Waals surface area contributed by atoms with Crippen molar-refractivity contribution in [3.8, 4) is 5.88 Å². The Morgan fingerprint density at radius 1 is 0.900 bits per heavy atom. The smallest absolute Gasteiger partial charge is 0.257 e. The van der Waals surface area contributed by atoms with Crippen LogP contribution in [0.5, 0.6) is 5.88 Å². The van der Waals surface area contributed by atoms with Gasteiger partial charge in [-0.25, -0.2) is 9.97 Å². The number of nitrogens with zero attached hydrogens (tertiary/aromatic N) is 5. The van der Waals surface area contributed by atoms with Crippen molar-refractivity contribution in [2.24, 2.45) is 0 Å². The summed E-state index contributed by atoms with van der Waals surface area (Å²) in [5.74, 6) is 1.44. The number of hydrogen-bond acceptors (Lipinski definition) is 7. The minimum absolute atomic E-state index is 0.592. The lowest BCUT2D eigenvalue weighted by Gasteiger charge is -2.35. The van der Waals surface area contributed by atoms with E-state index < -0.39 is 0 Å². The molecule has 2 aromatic rings. The molecule has 162 valence electrons. The van der Waals surface area contributed by atoms with Gasteiger partial charge in [-0.05, 0) is 17.7 Å². The molecule has 30 heavy (non-hydrogen) atoms. The van der Waals surface area contributed by atoms with E-state index in [1.807, 2.05) is 18.2 Å². The molecule has 4 rings (SSSR count). The normalized spacial score (nSPS) is 18.5. The third-order valence-electron chi connectivity index (χ3n) is 5.46. The van der Waals surface area contributed by atoms with Gasteiger partial charge in [-0.15, -0.1) is 0 Å². The van der Waals surface area contributed by atoms with Crippen LogP contribution in [0.4, 0.5) is 5.82 Å². The number of morpholine rings is 1. The second kappa shape index (κ2) is 10.6. The summed E-state index contributed by atoms with van der Waals surface area (Å²) in [7, 11) is 0. The number of ether oxygens (including phenoxy) is 2. The summed E-state index contributed by atoms with van der Waals surface area (Å²) < 4.78 is 11.4. The number of aromatic nitrogens is 2. The fraction of sp³-hybridized carbons (Fsp3) is 0.524. The SMILES string of the molecule is Clc1ccc(CN2CCN(c3nccnc3OCCN3CCOCC3)CC2)cc1Cl. The topological polar surface area (TPSA) is 54.0 Å². The van der Waals surface area contributed by atoms with Crippen LogP contribution >= 0.6 is 23.2 Å². The van der Waals surface area contributed by atoms with Crippen LogP contribution in [0.1, 0.15) is 5.56 Å². The number of benzene rings is 1. The maximum absolute atomic E-state index is 6.15. The van der Waals surface area contributed by atoms with Crippen LogP contribution in [0.15, 0.2) is 30.6 Å². The van der Waals surface area contributed by atoms with Crippen LogP contribution in [0.2, 0.25) is 10.0 Å². The molecule has 1 aromatic heterocycles. The lowest BCUT2D eigenvalue weighted by atomic mass is 10.2. The van der Waals surface area contributed by atoms with Crippen molar-refractivity contribution in [2.45, 2.75) is 6.54 Å². The van der Waals surface area contributed by atoms with Gasteiger partial charge in [0.2, 0.25) is 0 Å². The van der Waals surface area contributed by atoms with Gasteiger partial charge < -0.3 is 14.4 Å². The highest BCUT2D eigenvalue weighted by molar-refractivity contribution is 6.42. The number of anilines is 1. The van der Waals surface area contributed by atoms with Crippen molar-refractivity contribution in [3.63, 3.8) is 0 Å². The van der Waals surface area contributed by atoms with E-state index in [1.54, 1.807) is 12.4 Å². The van der Waals surface area contributed by atoms with Crippen LogP contribution in [0, 0.1) is 0 Å². The average molecular weight is 452 g/mol. The zero-order valence-electron chi connectivity index (χ0n) is 17.0. The van der Waals surface area contributed by atoms with Gasteiger partial charge in [0.05, 0.1) is 23.3 Å². The lowest BCUT2D eigenvalue weighted by molar-refractivity contribution is 0.0320. The first-order chi connectivity index (χ1) is 14.7. The number of hydrogen-bond donors (Lipinski definition) is 0.